The average Bonchev–Trinajstić information content (AvgIpc) is 2.70. The van der Waals surface area contributed by atoms with Crippen LogP contribution in [0.25, 0.3) is 0 Å². The Kier molecular flexibility index (Phi) is 4.63. The van der Waals surface area contributed by atoms with Gasteiger partial charge in [-0.2, -0.15) is 10.1 Å². The maximum atomic E-state index is 13.2. The van der Waals surface area contributed by atoms with Crippen LogP contribution in [-0.2, 0) is 4.79 Å². The lowest BCUT2D eigenvalue weighted by Crippen LogP contribution is -2.38. The standard InChI is InChI=1S/C21H16BrN3O/c22-17-10-4-5-12-20(17)25-21(26)16(15-8-2-1-3-9-15)14-19(24-25)18-11-6-7-13-23-18/h1-13,16H,14H2. The van der Waals surface area contributed by atoms with E-state index in [0.29, 0.717) is 6.42 Å². The van der Waals surface area contributed by atoms with Gasteiger partial charge in [0.1, 0.15) is 0 Å². The maximum Gasteiger partial charge on any atom is 0.255 e. The molecule has 0 fully saturated rings. The van der Waals surface area contributed by atoms with Crippen molar-refractivity contribution in [3.63, 3.8) is 0 Å². The Morgan fingerprint density at radius 2 is 1.65 bits per heavy atom. The van der Waals surface area contributed by atoms with Crippen molar-refractivity contribution in [2.24, 2.45) is 5.10 Å². The van der Waals surface area contributed by atoms with Crippen LogP contribution in [0.1, 0.15) is 23.6 Å². The van der Waals surface area contributed by atoms with E-state index < -0.39 is 0 Å². The molecule has 5 heteroatoms. The van der Waals surface area contributed by atoms with E-state index in [9.17, 15) is 4.79 Å². The minimum Gasteiger partial charge on any atom is -0.272 e. The molecule has 3 aromatic rings. The number of hydrogen-bond donors (Lipinski definition) is 0. The highest BCUT2D eigenvalue weighted by atomic mass is 79.9. The molecular weight excluding hydrogens is 390 g/mol. The van der Waals surface area contributed by atoms with Crippen LogP contribution >= 0.6 is 15.9 Å². The molecule has 1 amide bonds. The zero-order chi connectivity index (χ0) is 17.9. The van der Waals surface area contributed by atoms with E-state index in [-0.39, 0.29) is 11.8 Å². The van der Waals surface area contributed by atoms with Gasteiger partial charge in [0.15, 0.2) is 0 Å². The largest absolute Gasteiger partial charge is 0.272 e. The Morgan fingerprint density at radius 3 is 2.38 bits per heavy atom. The Morgan fingerprint density at radius 1 is 0.923 bits per heavy atom. The average molecular weight is 406 g/mol. The molecule has 2 heterocycles. The lowest BCUT2D eigenvalue weighted by atomic mass is 9.90. The molecule has 26 heavy (non-hydrogen) atoms. The van der Waals surface area contributed by atoms with Crippen LogP contribution in [-0.4, -0.2) is 16.6 Å². The quantitative estimate of drug-likeness (QED) is 0.629. The fraction of sp³-hybridized carbons (Fsp3) is 0.0952. The summed E-state index contributed by atoms with van der Waals surface area (Å²) in [5.74, 6) is -0.333. The Hall–Kier alpha value is -2.79. The van der Waals surface area contributed by atoms with Gasteiger partial charge in [0.2, 0.25) is 0 Å². The second kappa shape index (κ2) is 7.22. The van der Waals surface area contributed by atoms with E-state index in [2.05, 4.69) is 26.0 Å². The first-order valence-corrected chi connectivity index (χ1v) is 9.15. The van der Waals surface area contributed by atoms with Gasteiger partial charge in [-0.05, 0) is 45.8 Å². The molecule has 1 atom stereocenters. The first-order valence-electron chi connectivity index (χ1n) is 8.36. The number of halogens is 1. The van der Waals surface area contributed by atoms with Crippen LogP contribution in [0, 0.1) is 0 Å². The number of benzene rings is 2. The summed E-state index contributed by atoms with van der Waals surface area (Å²) < 4.78 is 0.825. The van der Waals surface area contributed by atoms with Crippen molar-refractivity contribution in [3.05, 3.63) is 94.7 Å². The van der Waals surface area contributed by atoms with E-state index in [1.807, 2.05) is 72.8 Å². The highest BCUT2D eigenvalue weighted by Gasteiger charge is 2.34. The predicted molar refractivity (Wildman–Crippen MR) is 106 cm³/mol. The summed E-state index contributed by atoms with van der Waals surface area (Å²) in [7, 11) is 0. The highest BCUT2D eigenvalue weighted by molar-refractivity contribution is 9.10. The third kappa shape index (κ3) is 3.18. The molecule has 0 spiro atoms. The molecule has 0 N–H and O–H groups in total. The molecule has 2 aromatic carbocycles. The predicted octanol–water partition coefficient (Wildman–Crippen LogP) is 4.77. The number of para-hydroxylation sites is 1. The zero-order valence-electron chi connectivity index (χ0n) is 13.9. The molecule has 128 valence electrons. The van der Waals surface area contributed by atoms with Gasteiger partial charge in [-0.3, -0.25) is 9.78 Å². The summed E-state index contributed by atoms with van der Waals surface area (Å²) >= 11 is 3.53. The number of carbonyl (C=O) groups excluding carboxylic acids is 1. The third-order valence-electron chi connectivity index (χ3n) is 4.37. The van der Waals surface area contributed by atoms with E-state index in [0.717, 1.165) is 27.1 Å². The van der Waals surface area contributed by atoms with Crippen molar-refractivity contribution < 1.29 is 4.79 Å². The summed E-state index contributed by atoms with van der Waals surface area (Å²) in [5, 5.41) is 6.14. The number of amides is 1. The van der Waals surface area contributed by atoms with Gasteiger partial charge < -0.3 is 0 Å². The van der Waals surface area contributed by atoms with Crippen LogP contribution in [0.3, 0.4) is 0 Å². The molecule has 0 aliphatic carbocycles. The third-order valence-corrected chi connectivity index (χ3v) is 5.04. The van der Waals surface area contributed by atoms with E-state index in [1.165, 1.54) is 5.01 Å². The Balaban J connectivity index is 1.83. The van der Waals surface area contributed by atoms with Crippen molar-refractivity contribution in [3.8, 4) is 0 Å². The maximum absolute atomic E-state index is 13.2. The Bertz CT molecular complexity index is 957. The van der Waals surface area contributed by atoms with E-state index in [4.69, 9.17) is 0 Å². The molecule has 4 rings (SSSR count). The lowest BCUT2D eigenvalue weighted by molar-refractivity contribution is -0.120. The van der Waals surface area contributed by atoms with Gasteiger partial charge in [-0.25, -0.2) is 0 Å². The smallest absolute Gasteiger partial charge is 0.255 e. The van der Waals surface area contributed by atoms with Crippen molar-refractivity contribution in [1.82, 2.24) is 4.98 Å². The van der Waals surface area contributed by atoms with E-state index in [1.54, 1.807) is 6.20 Å². The minimum absolute atomic E-state index is 0.0391. The molecular formula is C21H16BrN3O. The summed E-state index contributed by atoms with van der Waals surface area (Å²) in [4.78, 5) is 17.7. The number of hydrogen-bond acceptors (Lipinski definition) is 3. The second-order valence-electron chi connectivity index (χ2n) is 6.03. The van der Waals surface area contributed by atoms with Crippen LogP contribution < -0.4 is 5.01 Å². The van der Waals surface area contributed by atoms with Crippen LogP contribution in [0.5, 0.6) is 0 Å². The summed E-state index contributed by atoms with van der Waals surface area (Å²) in [6.07, 6.45) is 2.27. The molecule has 0 radical (unpaired) electrons. The van der Waals surface area contributed by atoms with Crippen LogP contribution in [0.15, 0.2) is 88.6 Å². The molecule has 1 aromatic heterocycles. The molecule has 1 aliphatic rings. The normalized spacial score (nSPS) is 17.1. The van der Waals surface area contributed by atoms with Crippen LogP contribution in [0.4, 0.5) is 5.69 Å². The molecule has 1 aliphatic heterocycles. The first-order chi connectivity index (χ1) is 12.7. The summed E-state index contributed by atoms with van der Waals surface area (Å²) in [6, 6.07) is 23.2. The summed E-state index contributed by atoms with van der Waals surface area (Å²) in [5.41, 5.74) is 3.30. The van der Waals surface area contributed by atoms with Gasteiger partial charge >= 0.3 is 0 Å². The zero-order valence-corrected chi connectivity index (χ0v) is 15.5. The molecule has 1 unspecified atom stereocenters. The van der Waals surface area contributed by atoms with Gasteiger partial charge in [-0.15, -0.1) is 0 Å². The number of hydrazone groups is 1. The monoisotopic (exact) mass is 405 g/mol. The molecule has 0 saturated heterocycles. The topological polar surface area (TPSA) is 45.6 Å². The number of pyridine rings is 1. The second-order valence-corrected chi connectivity index (χ2v) is 6.88. The van der Waals surface area contributed by atoms with E-state index >= 15 is 0 Å². The van der Waals surface area contributed by atoms with Crippen molar-refractivity contribution in [1.29, 1.82) is 0 Å². The number of rotatable bonds is 3. The van der Waals surface area contributed by atoms with Gasteiger partial charge in [-0.1, -0.05) is 48.5 Å². The number of carbonyl (C=O) groups is 1. The fourth-order valence-electron chi connectivity index (χ4n) is 3.07. The number of anilines is 1. The van der Waals surface area contributed by atoms with Crippen molar-refractivity contribution in [2.75, 3.05) is 5.01 Å². The molecule has 4 nitrogen and oxygen atoms in total. The highest BCUT2D eigenvalue weighted by Crippen LogP contribution is 2.34. The number of nitrogens with zero attached hydrogens (tertiary/aromatic N) is 3. The van der Waals surface area contributed by atoms with Gasteiger partial charge in [0.25, 0.3) is 5.91 Å². The first kappa shape index (κ1) is 16.7. The molecule has 0 saturated carbocycles. The SMILES string of the molecule is O=C1C(c2ccccc2)CC(c2ccccn2)=NN1c1ccccc1Br. The summed E-state index contributed by atoms with van der Waals surface area (Å²) in [6.45, 7) is 0. The fourth-order valence-corrected chi connectivity index (χ4v) is 3.52. The van der Waals surface area contributed by atoms with Gasteiger partial charge in [0.05, 0.1) is 23.0 Å². The molecule has 0 bridgehead atoms. The van der Waals surface area contributed by atoms with Crippen molar-refractivity contribution in [2.45, 2.75) is 12.3 Å². The minimum atomic E-state index is -0.294. The number of aromatic nitrogens is 1. The van der Waals surface area contributed by atoms with Crippen LogP contribution in [0.2, 0.25) is 0 Å². The lowest BCUT2D eigenvalue weighted by Gasteiger charge is -2.30. The van der Waals surface area contributed by atoms with Crippen molar-refractivity contribution >= 4 is 33.2 Å². The van der Waals surface area contributed by atoms with Gasteiger partial charge in [0, 0.05) is 17.1 Å². The Labute approximate surface area is 160 Å².